The molecule has 2 aromatic heterocycles. The van der Waals surface area contributed by atoms with Crippen LogP contribution in [0.1, 0.15) is 42.0 Å². The Morgan fingerprint density at radius 2 is 2.11 bits per heavy atom. The predicted molar refractivity (Wildman–Crippen MR) is 108 cm³/mol. The molecule has 3 aromatic rings. The van der Waals surface area contributed by atoms with Gasteiger partial charge in [-0.15, -0.1) is 0 Å². The first-order valence-electron chi connectivity index (χ1n) is 9.27. The molecule has 0 fully saturated rings. The summed E-state index contributed by atoms with van der Waals surface area (Å²) in [5, 5.41) is 18.4. The number of benzene rings is 1. The highest BCUT2D eigenvalue weighted by atomic mass is 16.4. The molecule has 1 atom stereocenters. The molecule has 0 radical (unpaired) electrons. The van der Waals surface area contributed by atoms with Gasteiger partial charge in [0.25, 0.3) is 0 Å². The highest BCUT2D eigenvalue weighted by Crippen LogP contribution is 2.36. The van der Waals surface area contributed by atoms with Gasteiger partial charge in [-0.1, -0.05) is 12.1 Å². The minimum Gasteiger partial charge on any atom is -0.507 e. The molecule has 1 aromatic carbocycles. The average Bonchev–Trinajstić information content (AvgIpc) is 2.91. The molecule has 7 heteroatoms. The molecule has 4 rings (SSSR count). The Balaban J connectivity index is 1.87. The lowest BCUT2D eigenvalue weighted by atomic mass is 9.98. The summed E-state index contributed by atoms with van der Waals surface area (Å²) in [7, 11) is 0. The highest BCUT2D eigenvalue weighted by molar-refractivity contribution is 6.05. The van der Waals surface area contributed by atoms with E-state index in [-0.39, 0.29) is 17.4 Å². The van der Waals surface area contributed by atoms with Crippen molar-refractivity contribution in [1.82, 2.24) is 9.78 Å². The smallest absolute Gasteiger partial charge is 0.348 e. The van der Waals surface area contributed by atoms with Crippen LogP contribution in [0.4, 0.5) is 11.4 Å². The minimum atomic E-state index is -0.588. The van der Waals surface area contributed by atoms with E-state index in [0.29, 0.717) is 23.6 Å². The van der Waals surface area contributed by atoms with E-state index in [2.05, 4.69) is 10.4 Å². The second kappa shape index (κ2) is 6.99. The molecule has 0 aliphatic carbocycles. The molecular weight excluding hydrogens is 356 g/mol. The molecule has 0 amide bonds. The van der Waals surface area contributed by atoms with Crippen LogP contribution >= 0.6 is 0 Å². The molecule has 3 heterocycles. The molecule has 28 heavy (non-hydrogen) atoms. The highest BCUT2D eigenvalue weighted by Gasteiger charge is 2.27. The molecule has 7 nitrogen and oxygen atoms in total. The summed E-state index contributed by atoms with van der Waals surface area (Å²) < 4.78 is 7.16. The third kappa shape index (κ3) is 3.09. The lowest BCUT2D eigenvalue weighted by Crippen LogP contribution is -2.20. The second-order valence-corrected chi connectivity index (χ2v) is 6.88. The van der Waals surface area contributed by atoms with E-state index in [1.54, 1.807) is 6.92 Å². The molecule has 0 saturated carbocycles. The van der Waals surface area contributed by atoms with Gasteiger partial charge in [0.2, 0.25) is 0 Å². The molecule has 0 bridgehead atoms. The quantitative estimate of drug-likeness (QED) is 0.722. The summed E-state index contributed by atoms with van der Waals surface area (Å²) in [5.74, 6) is 0.238. The summed E-state index contributed by atoms with van der Waals surface area (Å²) in [6, 6.07) is 8.94. The number of fused-ring (bicyclic) bond motifs is 1. The maximum Gasteiger partial charge on any atom is 0.348 e. The largest absolute Gasteiger partial charge is 0.507 e. The first-order chi connectivity index (χ1) is 13.5. The van der Waals surface area contributed by atoms with Crippen molar-refractivity contribution in [1.29, 1.82) is 0 Å². The van der Waals surface area contributed by atoms with E-state index in [0.717, 1.165) is 23.5 Å². The number of aliphatic imine (C=N–C) groups is 1. The van der Waals surface area contributed by atoms with Crippen LogP contribution in [0, 0.1) is 13.8 Å². The molecule has 144 valence electrons. The Hall–Kier alpha value is -3.35. The maximum atomic E-state index is 12.5. The lowest BCUT2D eigenvalue weighted by Gasteiger charge is -2.19. The fourth-order valence-corrected chi connectivity index (χ4v) is 3.65. The van der Waals surface area contributed by atoms with Crippen LogP contribution in [0.3, 0.4) is 0 Å². The summed E-state index contributed by atoms with van der Waals surface area (Å²) in [6.45, 7) is 6.47. The van der Waals surface area contributed by atoms with Crippen LogP contribution in [0.25, 0.3) is 0 Å². The van der Waals surface area contributed by atoms with Gasteiger partial charge in [0.15, 0.2) is 0 Å². The first kappa shape index (κ1) is 18.0. The van der Waals surface area contributed by atoms with Crippen molar-refractivity contribution in [3.05, 3.63) is 69.5 Å². The van der Waals surface area contributed by atoms with Crippen LogP contribution < -0.4 is 10.9 Å². The van der Waals surface area contributed by atoms with Gasteiger partial charge in [0.05, 0.1) is 29.3 Å². The molecule has 1 unspecified atom stereocenters. The summed E-state index contributed by atoms with van der Waals surface area (Å²) in [4.78, 5) is 17.2. The molecule has 0 saturated heterocycles. The number of aromatic nitrogens is 2. The van der Waals surface area contributed by atoms with Gasteiger partial charge in [-0.2, -0.15) is 5.10 Å². The minimum absolute atomic E-state index is 0.106. The third-order valence-electron chi connectivity index (χ3n) is 5.05. The Morgan fingerprint density at radius 1 is 1.32 bits per heavy atom. The van der Waals surface area contributed by atoms with Gasteiger partial charge in [0.1, 0.15) is 17.1 Å². The van der Waals surface area contributed by atoms with E-state index in [9.17, 15) is 9.90 Å². The number of rotatable bonds is 3. The summed E-state index contributed by atoms with van der Waals surface area (Å²) in [5.41, 5.74) is 3.66. The monoisotopic (exact) mass is 378 g/mol. The Morgan fingerprint density at radius 3 is 2.82 bits per heavy atom. The van der Waals surface area contributed by atoms with Crippen molar-refractivity contribution in [2.45, 2.75) is 39.8 Å². The van der Waals surface area contributed by atoms with Crippen LogP contribution in [-0.2, 0) is 6.54 Å². The standard InChI is InChI=1S/C21H22N4O3/c1-4-25-13(3)14(11-22-25)17-10-18(20-19(26)9-12(2)28-21(20)27)24-16-8-6-5-7-15(16)23-17/h5-9,11,17,23,26H,4,10H2,1-3H3. The first-order valence-corrected chi connectivity index (χ1v) is 9.27. The molecule has 1 aliphatic rings. The number of hydrogen-bond acceptors (Lipinski definition) is 6. The summed E-state index contributed by atoms with van der Waals surface area (Å²) >= 11 is 0. The van der Waals surface area contributed by atoms with Crippen LogP contribution in [0.5, 0.6) is 5.75 Å². The van der Waals surface area contributed by atoms with E-state index < -0.39 is 5.63 Å². The van der Waals surface area contributed by atoms with Gasteiger partial charge in [-0.05, 0) is 32.9 Å². The third-order valence-corrected chi connectivity index (χ3v) is 5.05. The van der Waals surface area contributed by atoms with Crippen molar-refractivity contribution in [3.63, 3.8) is 0 Å². The van der Waals surface area contributed by atoms with Gasteiger partial charge in [-0.25, -0.2) is 4.79 Å². The summed E-state index contributed by atoms with van der Waals surface area (Å²) in [6.07, 6.45) is 2.26. The lowest BCUT2D eigenvalue weighted by molar-refractivity contribution is 0.432. The Kier molecular flexibility index (Phi) is 4.50. The number of anilines is 1. The van der Waals surface area contributed by atoms with E-state index in [1.807, 2.05) is 49.0 Å². The Bertz CT molecular complexity index is 1130. The van der Waals surface area contributed by atoms with E-state index >= 15 is 0 Å². The van der Waals surface area contributed by atoms with Gasteiger partial charge < -0.3 is 14.8 Å². The molecule has 2 N–H and O–H groups in total. The van der Waals surface area contributed by atoms with Gasteiger partial charge in [0, 0.05) is 30.3 Å². The molecule has 0 spiro atoms. The fourth-order valence-electron chi connectivity index (χ4n) is 3.65. The zero-order chi connectivity index (χ0) is 19.8. The predicted octanol–water partition coefficient (Wildman–Crippen LogP) is 3.86. The van der Waals surface area contributed by atoms with Gasteiger partial charge in [-0.3, -0.25) is 9.67 Å². The van der Waals surface area contributed by atoms with Crippen molar-refractivity contribution < 1.29 is 9.52 Å². The van der Waals surface area contributed by atoms with Crippen molar-refractivity contribution in [3.8, 4) is 5.75 Å². The zero-order valence-corrected chi connectivity index (χ0v) is 16.1. The van der Waals surface area contributed by atoms with Crippen LogP contribution in [0.2, 0.25) is 0 Å². The Labute approximate surface area is 162 Å². The van der Waals surface area contributed by atoms with E-state index in [1.165, 1.54) is 6.07 Å². The van der Waals surface area contributed by atoms with Crippen molar-refractivity contribution in [2.75, 3.05) is 5.32 Å². The fraction of sp³-hybridized carbons (Fsp3) is 0.286. The number of nitrogens with one attached hydrogen (secondary N) is 1. The number of aryl methyl sites for hydroxylation is 2. The number of aromatic hydroxyl groups is 1. The maximum absolute atomic E-state index is 12.5. The normalized spacial score (nSPS) is 16.1. The van der Waals surface area contributed by atoms with Crippen molar-refractivity contribution in [2.24, 2.45) is 4.99 Å². The topological polar surface area (TPSA) is 92.6 Å². The molecular formula is C21H22N4O3. The average molecular weight is 378 g/mol. The van der Waals surface area contributed by atoms with Gasteiger partial charge >= 0.3 is 5.63 Å². The molecule has 1 aliphatic heterocycles. The second-order valence-electron chi connectivity index (χ2n) is 6.88. The zero-order valence-electron chi connectivity index (χ0n) is 16.1. The SMILES string of the molecule is CCn1ncc(C2CC(c3c(O)cc(C)oc3=O)=Nc3ccccc3N2)c1C. The number of hydrogen-bond donors (Lipinski definition) is 2. The number of nitrogens with zero attached hydrogens (tertiary/aromatic N) is 3. The number of para-hydroxylation sites is 2. The van der Waals surface area contributed by atoms with Crippen LogP contribution in [-0.4, -0.2) is 20.6 Å². The van der Waals surface area contributed by atoms with Crippen molar-refractivity contribution >= 4 is 17.1 Å². The van der Waals surface area contributed by atoms with Crippen LogP contribution in [0.15, 0.2) is 50.7 Å². The van der Waals surface area contributed by atoms with E-state index in [4.69, 9.17) is 9.41 Å².